The van der Waals surface area contributed by atoms with E-state index in [4.69, 9.17) is 0 Å². The summed E-state index contributed by atoms with van der Waals surface area (Å²) in [6, 6.07) is 12.7. The molecule has 5 aromatic rings. The fourth-order valence-electron chi connectivity index (χ4n) is 4.11. The molecule has 38 heavy (non-hydrogen) atoms. The van der Waals surface area contributed by atoms with Crippen LogP contribution in [-0.2, 0) is 26.8 Å². The number of para-hydroxylation sites is 1. The van der Waals surface area contributed by atoms with Gasteiger partial charge in [-0.3, -0.25) is 9.13 Å². The lowest BCUT2D eigenvalue weighted by atomic mass is 10.1. The van der Waals surface area contributed by atoms with Crippen molar-refractivity contribution in [3.8, 4) is 28.5 Å². The molecule has 0 amide bonds. The van der Waals surface area contributed by atoms with E-state index in [1.54, 1.807) is 37.4 Å². The summed E-state index contributed by atoms with van der Waals surface area (Å²) >= 11 is 0. The Morgan fingerprint density at radius 2 is 1.71 bits per heavy atom. The number of hydrogen-bond acceptors (Lipinski definition) is 5. The Kier molecular flexibility index (Phi) is 6.21. The van der Waals surface area contributed by atoms with Crippen molar-refractivity contribution in [2.45, 2.75) is 19.3 Å². The van der Waals surface area contributed by atoms with Gasteiger partial charge in [-0.15, -0.1) is 0 Å². The van der Waals surface area contributed by atoms with Crippen LogP contribution in [0.5, 0.6) is 5.75 Å². The Bertz CT molecular complexity index is 1690. The normalized spacial score (nSPS) is 12.0. The molecule has 2 aromatic carbocycles. The van der Waals surface area contributed by atoms with Crippen LogP contribution in [0.3, 0.4) is 0 Å². The number of nitrogens with zero attached hydrogens (tertiary/aromatic N) is 6. The van der Waals surface area contributed by atoms with Crippen molar-refractivity contribution in [2.24, 2.45) is 14.1 Å². The summed E-state index contributed by atoms with van der Waals surface area (Å²) in [4.78, 5) is 25.4. The Balaban J connectivity index is 1.50. The van der Waals surface area contributed by atoms with E-state index in [1.165, 1.54) is 45.1 Å². The Labute approximate surface area is 211 Å². The molecule has 0 unspecified atom stereocenters. The molecule has 0 aliphatic heterocycles. The van der Waals surface area contributed by atoms with Gasteiger partial charge in [0.1, 0.15) is 17.1 Å². The van der Waals surface area contributed by atoms with E-state index < -0.39 is 18.5 Å². The highest BCUT2D eigenvalue weighted by atomic mass is 19.4. The third-order valence-electron chi connectivity index (χ3n) is 5.95. The molecule has 8 nitrogen and oxygen atoms in total. The number of hydrogen-bond donors (Lipinski definition) is 0. The van der Waals surface area contributed by atoms with Crippen LogP contribution in [0.25, 0.3) is 33.9 Å². The second-order valence-electron chi connectivity index (χ2n) is 8.46. The minimum atomic E-state index is -4.56. The SMILES string of the molecule is Cn1cc(C(F)(F)F)nc1-c1ccc(Cn2c(=O)n(C)c3cnc(-c4ccccc4OC(F)F)nc32)cc1. The lowest BCUT2D eigenvalue weighted by Crippen LogP contribution is -2.22. The molecular formula is C25H19F5N6O2. The summed E-state index contributed by atoms with van der Waals surface area (Å²) in [6.07, 6.45) is -2.21. The highest BCUT2D eigenvalue weighted by Crippen LogP contribution is 2.31. The highest BCUT2D eigenvalue weighted by molar-refractivity contribution is 5.75. The molecule has 0 spiro atoms. The van der Waals surface area contributed by atoms with Crippen molar-refractivity contribution >= 4 is 11.2 Å². The molecule has 196 valence electrons. The molecule has 3 aromatic heterocycles. The van der Waals surface area contributed by atoms with Gasteiger partial charge in [0.05, 0.1) is 18.3 Å². The summed E-state index contributed by atoms with van der Waals surface area (Å²) in [6.45, 7) is -2.94. The monoisotopic (exact) mass is 530 g/mol. The molecule has 0 radical (unpaired) electrons. The number of imidazole rings is 2. The van der Waals surface area contributed by atoms with Crippen LogP contribution in [0.4, 0.5) is 22.0 Å². The zero-order chi connectivity index (χ0) is 27.2. The molecule has 0 aliphatic carbocycles. The third-order valence-corrected chi connectivity index (χ3v) is 5.95. The zero-order valence-corrected chi connectivity index (χ0v) is 19.9. The van der Waals surface area contributed by atoms with Crippen LogP contribution in [0.2, 0.25) is 0 Å². The summed E-state index contributed by atoms with van der Waals surface area (Å²) in [5, 5.41) is 0. The van der Waals surface area contributed by atoms with Gasteiger partial charge in [0.2, 0.25) is 0 Å². The molecule has 0 bridgehead atoms. The van der Waals surface area contributed by atoms with Gasteiger partial charge in [-0.05, 0) is 17.7 Å². The summed E-state index contributed by atoms with van der Waals surface area (Å²) in [7, 11) is 3.03. The van der Waals surface area contributed by atoms with Crippen molar-refractivity contribution in [1.82, 2.24) is 28.7 Å². The molecular weight excluding hydrogens is 511 g/mol. The van der Waals surface area contributed by atoms with Crippen molar-refractivity contribution in [3.63, 3.8) is 0 Å². The number of aromatic nitrogens is 6. The second kappa shape index (κ2) is 9.39. The average Bonchev–Trinajstić information content (AvgIpc) is 3.38. The van der Waals surface area contributed by atoms with E-state index in [-0.39, 0.29) is 40.8 Å². The number of rotatable bonds is 6. The number of alkyl halides is 5. The maximum Gasteiger partial charge on any atom is 0.434 e. The van der Waals surface area contributed by atoms with E-state index in [0.29, 0.717) is 16.6 Å². The van der Waals surface area contributed by atoms with Gasteiger partial charge in [0.25, 0.3) is 0 Å². The standard InChI is InChI=1S/C25H19F5N6O2/c1-34-13-19(25(28,29)30)32-21(34)15-9-7-14(8-10-15)12-36-22-17(35(2)24(36)37)11-31-20(33-22)16-5-3-4-6-18(16)38-23(26)27/h3-11,13,23H,12H2,1-2H3. The summed E-state index contributed by atoms with van der Waals surface area (Å²) in [5.41, 5.74) is 0.708. The van der Waals surface area contributed by atoms with Crippen LogP contribution < -0.4 is 10.4 Å². The first-order valence-corrected chi connectivity index (χ1v) is 11.2. The maximum atomic E-state index is 13.0. The molecule has 5 rings (SSSR count). The van der Waals surface area contributed by atoms with Gasteiger partial charge in [-0.1, -0.05) is 36.4 Å². The minimum absolute atomic E-state index is 0.0937. The first kappa shape index (κ1) is 25.1. The molecule has 0 atom stereocenters. The average molecular weight is 530 g/mol. The van der Waals surface area contributed by atoms with Crippen LogP contribution >= 0.6 is 0 Å². The van der Waals surface area contributed by atoms with Gasteiger partial charge >= 0.3 is 18.5 Å². The Morgan fingerprint density at radius 3 is 2.37 bits per heavy atom. The number of aryl methyl sites for hydroxylation is 2. The zero-order valence-electron chi connectivity index (χ0n) is 19.9. The van der Waals surface area contributed by atoms with Crippen molar-refractivity contribution in [3.05, 3.63) is 82.7 Å². The van der Waals surface area contributed by atoms with Gasteiger partial charge in [0, 0.05) is 25.9 Å². The lowest BCUT2D eigenvalue weighted by Gasteiger charge is -2.10. The molecule has 13 heteroatoms. The van der Waals surface area contributed by atoms with E-state index in [1.807, 2.05) is 0 Å². The molecule has 3 heterocycles. The highest BCUT2D eigenvalue weighted by Gasteiger charge is 2.34. The van der Waals surface area contributed by atoms with Gasteiger partial charge < -0.3 is 9.30 Å². The van der Waals surface area contributed by atoms with E-state index in [0.717, 1.165) is 6.20 Å². The molecule has 0 aliphatic rings. The molecule has 0 saturated carbocycles. The Morgan fingerprint density at radius 1 is 1.00 bits per heavy atom. The van der Waals surface area contributed by atoms with E-state index in [2.05, 4.69) is 19.7 Å². The second-order valence-corrected chi connectivity index (χ2v) is 8.46. The quantitative estimate of drug-likeness (QED) is 0.293. The maximum absolute atomic E-state index is 13.0. The van der Waals surface area contributed by atoms with Crippen LogP contribution in [0.1, 0.15) is 11.3 Å². The third kappa shape index (κ3) is 4.62. The van der Waals surface area contributed by atoms with Crippen molar-refractivity contribution in [1.29, 1.82) is 0 Å². The summed E-state index contributed by atoms with van der Waals surface area (Å²) in [5.74, 6) is 0.136. The fourth-order valence-corrected chi connectivity index (χ4v) is 4.11. The van der Waals surface area contributed by atoms with Crippen LogP contribution in [0.15, 0.2) is 65.7 Å². The minimum Gasteiger partial charge on any atom is -0.434 e. The largest absolute Gasteiger partial charge is 0.434 e. The molecule has 0 N–H and O–H groups in total. The summed E-state index contributed by atoms with van der Waals surface area (Å²) < 4.78 is 73.5. The van der Waals surface area contributed by atoms with Gasteiger partial charge in [0.15, 0.2) is 17.2 Å². The fraction of sp³-hybridized carbons (Fsp3) is 0.200. The number of benzene rings is 2. The topological polar surface area (TPSA) is 79.8 Å². The van der Waals surface area contributed by atoms with Crippen molar-refractivity contribution < 1.29 is 26.7 Å². The van der Waals surface area contributed by atoms with Crippen molar-refractivity contribution in [2.75, 3.05) is 0 Å². The number of halogens is 5. The van der Waals surface area contributed by atoms with Crippen LogP contribution in [0, 0.1) is 0 Å². The predicted octanol–water partition coefficient (Wildman–Crippen LogP) is 4.87. The first-order chi connectivity index (χ1) is 18.0. The van der Waals surface area contributed by atoms with Gasteiger partial charge in [-0.2, -0.15) is 22.0 Å². The molecule has 0 fully saturated rings. The number of fused-ring (bicyclic) bond motifs is 1. The smallest absolute Gasteiger partial charge is 0.434 e. The Hall–Kier alpha value is -4.55. The predicted molar refractivity (Wildman–Crippen MR) is 128 cm³/mol. The first-order valence-electron chi connectivity index (χ1n) is 11.2. The van der Waals surface area contributed by atoms with E-state index >= 15 is 0 Å². The molecule has 0 saturated heterocycles. The number of ether oxygens (including phenoxy) is 1. The van der Waals surface area contributed by atoms with Gasteiger partial charge in [-0.25, -0.2) is 19.7 Å². The van der Waals surface area contributed by atoms with Crippen LogP contribution in [-0.4, -0.2) is 35.3 Å². The van der Waals surface area contributed by atoms with E-state index in [9.17, 15) is 26.7 Å². The lowest BCUT2D eigenvalue weighted by molar-refractivity contribution is -0.140.